The number of fused-ring (bicyclic) bond motifs is 1. The van der Waals surface area contributed by atoms with Crippen molar-refractivity contribution in [1.29, 1.82) is 0 Å². The Hall–Kier alpha value is -2.50. The van der Waals surface area contributed by atoms with Gasteiger partial charge in [0, 0.05) is 51.4 Å². The number of nitrogens with zero attached hydrogens (tertiary/aromatic N) is 4. The largest absolute Gasteiger partial charge is 0.372 e. The molecule has 1 aliphatic carbocycles. The maximum absolute atomic E-state index is 13.1. The van der Waals surface area contributed by atoms with Crippen LogP contribution in [0.25, 0.3) is 11.0 Å². The third-order valence-corrected chi connectivity index (χ3v) is 7.35. The van der Waals surface area contributed by atoms with Gasteiger partial charge < -0.3 is 9.80 Å². The standard InChI is InChI=1S/C25H36N4O2/c1-18(2)19(3)27-13-15-28(16-14-27)24(30)21-11-9-20(10-12-21)17-29-23-8-6-5-7-22(23)26(4)25(29)31/h5-8,18,20-21H,3,9-17H2,1-2,4H3. The fraction of sp³-hybridized carbons (Fsp3) is 0.600. The van der Waals surface area contributed by atoms with Gasteiger partial charge in [0.1, 0.15) is 0 Å². The Bertz CT molecular complexity index is 1000. The van der Waals surface area contributed by atoms with E-state index in [1.807, 2.05) is 35.9 Å². The van der Waals surface area contributed by atoms with Crippen molar-refractivity contribution in [3.63, 3.8) is 0 Å². The molecule has 2 aliphatic rings. The van der Waals surface area contributed by atoms with Crippen molar-refractivity contribution in [3.8, 4) is 0 Å². The van der Waals surface area contributed by atoms with Gasteiger partial charge in [0.25, 0.3) is 0 Å². The second kappa shape index (κ2) is 8.93. The number of benzene rings is 1. The minimum atomic E-state index is 0.0558. The lowest BCUT2D eigenvalue weighted by Gasteiger charge is -2.40. The van der Waals surface area contributed by atoms with Crippen LogP contribution < -0.4 is 5.69 Å². The SMILES string of the molecule is C=C(C(C)C)N1CCN(C(=O)C2CCC(Cn3c(=O)n(C)c4ccccc43)CC2)CC1. The average Bonchev–Trinajstić information content (AvgIpc) is 3.03. The Morgan fingerprint density at radius 3 is 2.19 bits per heavy atom. The number of para-hydroxylation sites is 2. The van der Waals surface area contributed by atoms with E-state index < -0.39 is 0 Å². The minimum absolute atomic E-state index is 0.0558. The molecule has 168 valence electrons. The van der Waals surface area contributed by atoms with Crippen molar-refractivity contribution in [2.45, 2.75) is 46.1 Å². The third-order valence-electron chi connectivity index (χ3n) is 7.35. The van der Waals surface area contributed by atoms with Crippen LogP contribution in [0.3, 0.4) is 0 Å². The fourth-order valence-electron chi connectivity index (χ4n) is 5.23. The van der Waals surface area contributed by atoms with E-state index in [1.165, 1.54) is 5.70 Å². The van der Waals surface area contributed by atoms with Gasteiger partial charge in [-0.2, -0.15) is 0 Å². The predicted molar refractivity (Wildman–Crippen MR) is 125 cm³/mol. The van der Waals surface area contributed by atoms with E-state index in [-0.39, 0.29) is 11.6 Å². The summed E-state index contributed by atoms with van der Waals surface area (Å²) in [5.74, 6) is 1.38. The quantitative estimate of drug-likeness (QED) is 0.739. The van der Waals surface area contributed by atoms with Gasteiger partial charge in [0.2, 0.25) is 5.91 Å². The molecule has 0 radical (unpaired) electrons. The molecule has 2 aromatic rings. The van der Waals surface area contributed by atoms with Gasteiger partial charge in [-0.3, -0.25) is 13.9 Å². The number of amides is 1. The number of piperazine rings is 1. The molecule has 0 bridgehead atoms. The number of hydrogen-bond donors (Lipinski definition) is 0. The van der Waals surface area contributed by atoms with Crippen molar-refractivity contribution in [2.75, 3.05) is 26.2 Å². The van der Waals surface area contributed by atoms with E-state index >= 15 is 0 Å². The number of aromatic nitrogens is 2. The maximum atomic E-state index is 13.1. The molecule has 1 aromatic heterocycles. The monoisotopic (exact) mass is 424 g/mol. The molecule has 0 atom stereocenters. The molecule has 6 nitrogen and oxygen atoms in total. The Morgan fingerprint density at radius 2 is 1.58 bits per heavy atom. The number of aryl methyl sites for hydroxylation is 1. The highest BCUT2D eigenvalue weighted by Crippen LogP contribution is 2.32. The molecule has 1 saturated heterocycles. The van der Waals surface area contributed by atoms with Gasteiger partial charge in [0.05, 0.1) is 11.0 Å². The van der Waals surface area contributed by atoms with E-state index in [9.17, 15) is 9.59 Å². The van der Waals surface area contributed by atoms with Gasteiger partial charge in [0.15, 0.2) is 0 Å². The first-order valence-corrected chi connectivity index (χ1v) is 11.7. The predicted octanol–water partition coefficient (Wildman–Crippen LogP) is 3.46. The molecule has 6 heteroatoms. The van der Waals surface area contributed by atoms with Crippen molar-refractivity contribution in [1.82, 2.24) is 18.9 Å². The summed E-state index contributed by atoms with van der Waals surface area (Å²) in [5.41, 5.74) is 3.22. The van der Waals surface area contributed by atoms with Crippen LogP contribution >= 0.6 is 0 Å². The summed E-state index contributed by atoms with van der Waals surface area (Å²) in [7, 11) is 1.84. The lowest BCUT2D eigenvalue weighted by atomic mass is 9.81. The molecule has 1 aliphatic heterocycles. The van der Waals surface area contributed by atoms with Crippen LogP contribution in [0.15, 0.2) is 41.3 Å². The second-order valence-electron chi connectivity index (χ2n) is 9.62. The average molecular weight is 425 g/mol. The summed E-state index contributed by atoms with van der Waals surface area (Å²) in [6.45, 7) is 12.7. The lowest BCUT2D eigenvalue weighted by molar-refractivity contribution is -0.138. The number of allylic oxidation sites excluding steroid dienone is 1. The zero-order chi connectivity index (χ0) is 22.1. The van der Waals surface area contributed by atoms with Crippen LogP contribution in [0.2, 0.25) is 0 Å². The van der Waals surface area contributed by atoms with Crippen LogP contribution in [-0.4, -0.2) is 51.0 Å². The molecular weight excluding hydrogens is 388 g/mol. The molecule has 31 heavy (non-hydrogen) atoms. The van der Waals surface area contributed by atoms with Crippen molar-refractivity contribution >= 4 is 16.9 Å². The Kier molecular flexibility index (Phi) is 6.26. The summed E-state index contributed by atoms with van der Waals surface area (Å²) in [4.78, 5) is 30.2. The normalized spacial score (nSPS) is 22.3. The molecule has 0 spiro atoms. The summed E-state index contributed by atoms with van der Waals surface area (Å²) >= 11 is 0. The van der Waals surface area contributed by atoms with Crippen LogP contribution in [0, 0.1) is 17.8 Å². The summed E-state index contributed by atoms with van der Waals surface area (Å²) in [6, 6.07) is 7.99. The van der Waals surface area contributed by atoms with Crippen molar-refractivity contribution in [2.24, 2.45) is 24.8 Å². The summed E-state index contributed by atoms with van der Waals surface area (Å²) < 4.78 is 3.65. The van der Waals surface area contributed by atoms with E-state index in [0.717, 1.165) is 69.4 Å². The van der Waals surface area contributed by atoms with Crippen molar-refractivity contribution < 1.29 is 4.79 Å². The highest BCUT2D eigenvalue weighted by Gasteiger charge is 2.32. The Labute approximate surface area is 185 Å². The molecule has 4 rings (SSSR count). The fourth-order valence-corrected chi connectivity index (χ4v) is 5.23. The molecule has 2 fully saturated rings. The van der Waals surface area contributed by atoms with E-state index in [1.54, 1.807) is 4.57 Å². The van der Waals surface area contributed by atoms with E-state index in [0.29, 0.717) is 17.7 Å². The lowest BCUT2D eigenvalue weighted by Crippen LogP contribution is -2.50. The molecule has 1 aromatic carbocycles. The molecule has 2 heterocycles. The van der Waals surface area contributed by atoms with Gasteiger partial charge in [-0.25, -0.2) is 4.79 Å². The maximum Gasteiger partial charge on any atom is 0.328 e. The first-order chi connectivity index (χ1) is 14.9. The van der Waals surface area contributed by atoms with E-state index in [4.69, 9.17) is 0 Å². The second-order valence-corrected chi connectivity index (χ2v) is 9.62. The smallest absolute Gasteiger partial charge is 0.328 e. The van der Waals surface area contributed by atoms with Gasteiger partial charge >= 0.3 is 5.69 Å². The number of carbonyl (C=O) groups is 1. The molecule has 0 N–H and O–H groups in total. The van der Waals surface area contributed by atoms with Crippen LogP contribution in [0.1, 0.15) is 39.5 Å². The number of carbonyl (C=O) groups excluding carboxylic acids is 1. The molecule has 1 amide bonds. The highest BCUT2D eigenvalue weighted by atomic mass is 16.2. The molecular formula is C25H36N4O2. The summed E-state index contributed by atoms with van der Waals surface area (Å²) in [6.07, 6.45) is 3.89. The molecule has 1 saturated carbocycles. The van der Waals surface area contributed by atoms with Crippen LogP contribution in [0.4, 0.5) is 0 Å². The van der Waals surface area contributed by atoms with Crippen LogP contribution in [-0.2, 0) is 18.4 Å². The number of rotatable bonds is 5. The molecule has 0 unspecified atom stereocenters. The van der Waals surface area contributed by atoms with Crippen LogP contribution in [0.5, 0.6) is 0 Å². The topological polar surface area (TPSA) is 50.5 Å². The van der Waals surface area contributed by atoms with Crippen molar-refractivity contribution in [3.05, 3.63) is 47.0 Å². The third kappa shape index (κ3) is 4.30. The highest BCUT2D eigenvalue weighted by molar-refractivity contribution is 5.79. The Balaban J connectivity index is 1.32. The summed E-state index contributed by atoms with van der Waals surface area (Å²) in [5, 5.41) is 0. The number of imidazole rings is 1. The zero-order valence-electron chi connectivity index (χ0n) is 19.2. The first kappa shape index (κ1) is 21.7. The van der Waals surface area contributed by atoms with E-state index in [2.05, 4.69) is 30.2 Å². The minimum Gasteiger partial charge on any atom is -0.372 e. The zero-order valence-corrected chi connectivity index (χ0v) is 19.2. The van der Waals surface area contributed by atoms with Gasteiger partial charge in [-0.05, 0) is 49.7 Å². The van der Waals surface area contributed by atoms with Gasteiger partial charge in [-0.15, -0.1) is 0 Å². The Morgan fingerprint density at radius 1 is 1.00 bits per heavy atom. The number of hydrogen-bond acceptors (Lipinski definition) is 3. The first-order valence-electron chi connectivity index (χ1n) is 11.7. The van der Waals surface area contributed by atoms with Gasteiger partial charge in [-0.1, -0.05) is 32.6 Å².